The highest BCUT2D eigenvalue weighted by atomic mass is 19.4. The third-order valence-corrected chi connectivity index (χ3v) is 2.75. The summed E-state index contributed by atoms with van der Waals surface area (Å²) in [5.74, 6) is 2.60. The molecule has 1 aliphatic carbocycles. The lowest BCUT2D eigenvalue weighted by Gasteiger charge is -2.25. The molecule has 0 bridgehead atoms. The third kappa shape index (κ3) is 4.09. The molecule has 2 rings (SSSR count). The molecule has 0 spiro atoms. The lowest BCUT2D eigenvalue weighted by atomic mass is 10.4. The molecule has 1 aliphatic rings. The Hall–Kier alpha value is -1.78. The van der Waals surface area contributed by atoms with Gasteiger partial charge < -0.3 is 10.3 Å². The number of anilines is 2. The van der Waals surface area contributed by atoms with Crippen LogP contribution < -0.4 is 16.2 Å². The zero-order chi connectivity index (χ0) is 15.8. The van der Waals surface area contributed by atoms with Crippen molar-refractivity contribution >= 4 is 11.6 Å². The number of hydrogen-bond acceptors (Lipinski definition) is 5. The number of rotatable bonds is 4. The van der Waals surface area contributed by atoms with Gasteiger partial charge in [-0.05, 0) is 12.8 Å². The highest BCUT2D eigenvalue weighted by Crippen LogP contribution is 2.36. The summed E-state index contributed by atoms with van der Waals surface area (Å²) >= 11 is 0. The molecule has 0 radical (unpaired) electrons. The Bertz CT molecular complexity index is 510. The van der Waals surface area contributed by atoms with E-state index in [4.69, 9.17) is 5.84 Å². The van der Waals surface area contributed by atoms with Gasteiger partial charge in [-0.25, -0.2) is 15.8 Å². The number of alkyl halides is 6. The molecular formula is C10H11F6N5. The van der Waals surface area contributed by atoms with E-state index < -0.39 is 42.4 Å². The molecule has 11 heteroatoms. The van der Waals surface area contributed by atoms with Crippen molar-refractivity contribution < 1.29 is 26.3 Å². The lowest BCUT2D eigenvalue weighted by Crippen LogP contribution is -2.37. The minimum atomic E-state index is -4.88. The number of hydrogen-bond donors (Lipinski definition) is 2. The van der Waals surface area contributed by atoms with Gasteiger partial charge in [0.05, 0.1) is 0 Å². The number of aromatic nitrogens is 2. The largest absolute Gasteiger partial charge is 0.451 e. The topological polar surface area (TPSA) is 67.1 Å². The van der Waals surface area contributed by atoms with Crippen LogP contribution in [0.4, 0.5) is 38.0 Å². The summed E-state index contributed by atoms with van der Waals surface area (Å²) in [4.78, 5) is 7.08. The first-order valence-corrected chi connectivity index (χ1v) is 5.86. The molecule has 1 saturated carbocycles. The fourth-order valence-corrected chi connectivity index (χ4v) is 1.76. The van der Waals surface area contributed by atoms with Gasteiger partial charge in [-0.2, -0.15) is 26.3 Å². The minimum Gasteiger partial charge on any atom is -0.344 e. The quantitative estimate of drug-likeness (QED) is 0.507. The molecule has 0 amide bonds. The van der Waals surface area contributed by atoms with E-state index in [9.17, 15) is 26.3 Å². The van der Waals surface area contributed by atoms with Crippen molar-refractivity contribution in [1.82, 2.24) is 9.97 Å². The average molecular weight is 315 g/mol. The molecule has 0 atom stereocenters. The van der Waals surface area contributed by atoms with Gasteiger partial charge in [-0.1, -0.05) is 0 Å². The monoisotopic (exact) mass is 315 g/mol. The maximum absolute atomic E-state index is 12.7. The fourth-order valence-electron chi connectivity index (χ4n) is 1.76. The Balaban J connectivity index is 2.39. The Kier molecular flexibility index (Phi) is 3.87. The highest BCUT2D eigenvalue weighted by molar-refractivity contribution is 5.51. The number of nitrogens with one attached hydrogen (secondary N) is 1. The zero-order valence-electron chi connectivity index (χ0n) is 10.5. The fraction of sp³-hybridized carbons (Fsp3) is 0.600. The van der Waals surface area contributed by atoms with Gasteiger partial charge in [0, 0.05) is 12.1 Å². The standard InChI is InChI=1S/C10H11F6N5/c11-9(12,13)4-21(5-1-2-5)7-3-6(20-17)18-8(19-7)10(14,15)16/h3,5H,1-2,4,17H2,(H,18,19,20). The maximum atomic E-state index is 12.7. The molecule has 21 heavy (non-hydrogen) atoms. The molecule has 1 aromatic heterocycles. The Morgan fingerprint density at radius 3 is 2.24 bits per heavy atom. The van der Waals surface area contributed by atoms with Crippen molar-refractivity contribution in [3.8, 4) is 0 Å². The van der Waals surface area contributed by atoms with E-state index in [1.165, 1.54) is 0 Å². The molecule has 0 unspecified atom stereocenters. The predicted molar refractivity (Wildman–Crippen MR) is 61.3 cm³/mol. The Morgan fingerprint density at radius 1 is 1.19 bits per heavy atom. The highest BCUT2D eigenvalue weighted by Gasteiger charge is 2.41. The summed E-state index contributed by atoms with van der Waals surface area (Å²) < 4.78 is 75.7. The predicted octanol–water partition coefficient (Wildman–Crippen LogP) is 2.31. The van der Waals surface area contributed by atoms with E-state index in [-0.39, 0.29) is 0 Å². The molecule has 5 nitrogen and oxygen atoms in total. The van der Waals surface area contributed by atoms with Gasteiger partial charge in [0.2, 0.25) is 5.82 Å². The third-order valence-electron chi connectivity index (χ3n) is 2.75. The lowest BCUT2D eigenvalue weighted by molar-refractivity contribution is -0.144. The SMILES string of the molecule is NNc1cc(N(CC(F)(F)F)C2CC2)nc(C(F)(F)F)n1. The Morgan fingerprint density at radius 2 is 1.81 bits per heavy atom. The molecule has 1 heterocycles. The number of nitrogen functional groups attached to an aromatic ring is 1. The summed E-state index contributed by atoms with van der Waals surface area (Å²) in [5.41, 5.74) is 1.90. The molecular weight excluding hydrogens is 304 g/mol. The summed E-state index contributed by atoms with van der Waals surface area (Å²) in [6.45, 7) is -1.38. The van der Waals surface area contributed by atoms with E-state index in [1.54, 1.807) is 0 Å². The summed E-state index contributed by atoms with van der Waals surface area (Å²) in [6, 6.07) is 0.479. The smallest absolute Gasteiger partial charge is 0.344 e. The van der Waals surface area contributed by atoms with Crippen LogP contribution in [0.15, 0.2) is 6.07 Å². The van der Waals surface area contributed by atoms with Crippen LogP contribution in [0.1, 0.15) is 18.7 Å². The molecule has 0 aliphatic heterocycles. The first-order valence-electron chi connectivity index (χ1n) is 5.86. The normalized spacial score (nSPS) is 16.0. The Labute approximate surface area is 115 Å². The molecule has 1 aromatic rings. The minimum absolute atomic E-state index is 0.403. The molecule has 1 fully saturated rings. The zero-order valence-corrected chi connectivity index (χ0v) is 10.5. The van der Waals surface area contributed by atoms with Crippen LogP contribution in [-0.2, 0) is 6.18 Å². The number of nitrogens with zero attached hydrogens (tertiary/aromatic N) is 3. The molecule has 3 N–H and O–H groups in total. The van der Waals surface area contributed by atoms with Crippen molar-refractivity contribution in [1.29, 1.82) is 0 Å². The number of halogens is 6. The maximum Gasteiger partial charge on any atom is 0.451 e. The number of nitrogens with two attached hydrogens (primary N) is 1. The van der Waals surface area contributed by atoms with Gasteiger partial charge >= 0.3 is 12.4 Å². The van der Waals surface area contributed by atoms with Gasteiger partial charge in [-0.15, -0.1) is 0 Å². The van der Waals surface area contributed by atoms with Crippen LogP contribution in [0.5, 0.6) is 0 Å². The average Bonchev–Trinajstić information content (AvgIpc) is 3.17. The van der Waals surface area contributed by atoms with Crippen LogP contribution in [0.2, 0.25) is 0 Å². The first kappa shape index (κ1) is 15.6. The van der Waals surface area contributed by atoms with E-state index in [0.29, 0.717) is 12.8 Å². The van der Waals surface area contributed by atoms with Gasteiger partial charge in [-0.3, -0.25) is 0 Å². The summed E-state index contributed by atoms with van der Waals surface area (Å²) in [7, 11) is 0. The van der Waals surface area contributed by atoms with E-state index in [1.807, 2.05) is 5.43 Å². The van der Waals surface area contributed by atoms with Crippen LogP contribution in [0.25, 0.3) is 0 Å². The summed E-state index contributed by atoms with van der Waals surface area (Å²) in [6.07, 6.45) is -8.50. The van der Waals surface area contributed by atoms with Crippen LogP contribution in [0.3, 0.4) is 0 Å². The van der Waals surface area contributed by atoms with Crippen LogP contribution in [-0.4, -0.2) is 28.7 Å². The second-order valence-corrected chi connectivity index (χ2v) is 4.55. The molecule has 118 valence electrons. The van der Waals surface area contributed by atoms with E-state index >= 15 is 0 Å². The second kappa shape index (κ2) is 5.20. The number of hydrazine groups is 1. The van der Waals surface area contributed by atoms with Crippen molar-refractivity contribution in [2.75, 3.05) is 16.9 Å². The van der Waals surface area contributed by atoms with Crippen molar-refractivity contribution in [2.45, 2.75) is 31.2 Å². The van der Waals surface area contributed by atoms with Crippen molar-refractivity contribution in [2.24, 2.45) is 5.84 Å². The van der Waals surface area contributed by atoms with E-state index in [0.717, 1.165) is 11.0 Å². The van der Waals surface area contributed by atoms with Crippen molar-refractivity contribution in [3.05, 3.63) is 11.9 Å². The van der Waals surface area contributed by atoms with Gasteiger partial charge in [0.15, 0.2) is 0 Å². The molecule has 0 saturated heterocycles. The van der Waals surface area contributed by atoms with Crippen LogP contribution >= 0.6 is 0 Å². The van der Waals surface area contributed by atoms with Crippen molar-refractivity contribution in [3.63, 3.8) is 0 Å². The summed E-state index contributed by atoms with van der Waals surface area (Å²) in [5, 5.41) is 0. The van der Waals surface area contributed by atoms with Gasteiger partial charge in [0.1, 0.15) is 18.2 Å². The molecule has 0 aromatic carbocycles. The van der Waals surface area contributed by atoms with Gasteiger partial charge in [0.25, 0.3) is 0 Å². The second-order valence-electron chi connectivity index (χ2n) is 4.55. The first-order chi connectivity index (χ1) is 9.60. The van der Waals surface area contributed by atoms with E-state index in [2.05, 4.69) is 9.97 Å². The van der Waals surface area contributed by atoms with Crippen LogP contribution in [0, 0.1) is 0 Å².